The molecule has 1 aromatic carbocycles. The highest BCUT2D eigenvalue weighted by atomic mass is 35.5. The van der Waals surface area contributed by atoms with Crippen molar-refractivity contribution in [3.63, 3.8) is 0 Å². The maximum Gasteiger partial charge on any atom is 0.250 e. The molecule has 0 aliphatic heterocycles. The van der Waals surface area contributed by atoms with Crippen molar-refractivity contribution in [2.45, 2.75) is 23.7 Å². The molecule has 2 heterocycles. The summed E-state index contributed by atoms with van der Waals surface area (Å²) in [5.41, 5.74) is 1.63. The number of benzene rings is 1. The Balaban J connectivity index is 1.57. The number of sulfonamides is 1. The average Bonchev–Trinajstić information content (AvgIpc) is 3.32. The highest BCUT2D eigenvalue weighted by molar-refractivity contribution is 7.91. The fourth-order valence-corrected chi connectivity index (χ4v) is 4.63. The van der Waals surface area contributed by atoms with Crippen molar-refractivity contribution in [2.75, 3.05) is 0 Å². The first kappa shape index (κ1) is 19.6. The minimum Gasteiger partial charge on any atom is -0.351 e. The second-order valence-corrected chi connectivity index (χ2v) is 9.09. The summed E-state index contributed by atoms with van der Waals surface area (Å²) >= 11 is 6.97. The Morgan fingerprint density at radius 3 is 2.70 bits per heavy atom. The van der Waals surface area contributed by atoms with Crippen molar-refractivity contribution in [3.8, 4) is 5.69 Å². The smallest absolute Gasteiger partial charge is 0.250 e. The van der Waals surface area contributed by atoms with Gasteiger partial charge in [0, 0.05) is 23.3 Å². The normalized spacial score (nSPS) is 12.7. The minimum atomic E-state index is -3.70. The quantitative estimate of drug-likeness (QED) is 0.609. The third kappa shape index (κ3) is 4.95. The van der Waals surface area contributed by atoms with Crippen LogP contribution in [0.4, 0.5) is 0 Å². The number of hydrogen-bond acceptors (Lipinski definition) is 5. The first-order valence-corrected chi connectivity index (χ1v) is 10.7. The second-order valence-electron chi connectivity index (χ2n) is 5.76. The lowest BCUT2D eigenvalue weighted by molar-refractivity contribution is -0.122. The molecule has 0 fully saturated rings. The zero-order chi connectivity index (χ0) is 19.4. The van der Waals surface area contributed by atoms with Crippen LogP contribution in [0.25, 0.3) is 5.69 Å². The third-order valence-corrected chi connectivity index (χ3v) is 6.87. The van der Waals surface area contributed by atoms with Crippen LogP contribution in [0, 0.1) is 0 Å². The van der Waals surface area contributed by atoms with Gasteiger partial charge in [0.25, 0.3) is 10.0 Å². The van der Waals surface area contributed by atoms with Gasteiger partial charge in [0.05, 0.1) is 17.9 Å². The van der Waals surface area contributed by atoms with Gasteiger partial charge in [-0.15, -0.1) is 11.3 Å². The predicted octanol–water partition coefficient (Wildman–Crippen LogP) is 2.57. The van der Waals surface area contributed by atoms with Crippen molar-refractivity contribution < 1.29 is 13.2 Å². The van der Waals surface area contributed by atoms with Gasteiger partial charge in [-0.25, -0.2) is 13.1 Å². The van der Waals surface area contributed by atoms with E-state index in [4.69, 9.17) is 11.6 Å². The summed E-state index contributed by atoms with van der Waals surface area (Å²) in [6.45, 7) is 1.73. The Morgan fingerprint density at radius 2 is 2.04 bits per heavy atom. The van der Waals surface area contributed by atoms with Crippen LogP contribution in [0.2, 0.25) is 5.02 Å². The van der Waals surface area contributed by atoms with E-state index in [2.05, 4.69) is 15.1 Å². The molecule has 0 aliphatic carbocycles. The average molecular weight is 425 g/mol. The van der Waals surface area contributed by atoms with E-state index in [1.165, 1.54) is 13.0 Å². The first-order chi connectivity index (χ1) is 12.8. The summed E-state index contributed by atoms with van der Waals surface area (Å²) in [5, 5.41) is 9.25. The molecule has 1 amide bonds. The second kappa shape index (κ2) is 8.22. The van der Waals surface area contributed by atoms with Crippen molar-refractivity contribution in [1.29, 1.82) is 0 Å². The van der Waals surface area contributed by atoms with E-state index in [1.54, 1.807) is 40.7 Å². The lowest BCUT2D eigenvalue weighted by Gasteiger charge is -2.13. The molecule has 3 aromatic rings. The van der Waals surface area contributed by atoms with Gasteiger partial charge in [0.2, 0.25) is 5.91 Å². The van der Waals surface area contributed by atoms with Gasteiger partial charge in [0.15, 0.2) is 0 Å². The van der Waals surface area contributed by atoms with Gasteiger partial charge in [-0.2, -0.15) is 9.82 Å². The van der Waals surface area contributed by atoms with E-state index in [0.717, 1.165) is 22.6 Å². The zero-order valence-electron chi connectivity index (χ0n) is 14.3. The van der Waals surface area contributed by atoms with E-state index in [1.807, 2.05) is 12.1 Å². The van der Waals surface area contributed by atoms with E-state index >= 15 is 0 Å². The molecule has 0 aliphatic rings. The molecule has 142 valence electrons. The Morgan fingerprint density at radius 1 is 1.30 bits per heavy atom. The number of thiophene rings is 1. The lowest BCUT2D eigenvalue weighted by atomic mass is 10.3. The van der Waals surface area contributed by atoms with Crippen LogP contribution >= 0.6 is 22.9 Å². The van der Waals surface area contributed by atoms with Gasteiger partial charge >= 0.3 is 0 Å². The SMILES string of the molecule is CC(NS(=O)(=O)c1cccs1)C(=O)NCc1cnn(-c2ccc(Cl)cc2)c1. The molecular weight excluding hydrogens is 408 g/mol. The Labute approximate surface area is 166 Å². The van der Waals surface area contributed by atoms with Crippen LogP contribution in [0.3, 0.4) is 0 Å². The molecule has 1 atom stereocenters. The molecule has 0 spiro atoms. The molecule has 10 heteroatoms. The largest absolute Gasteiger partial charge is 0.351 e. The molecule has 2 N–H and O–H groups in total. The fourth-order valence-electron chi connectivity index (χ4n) is 2.29. The predicted molar refractivity (Wildman–Crippen MR) is 105 cm³/mol. The number of rotatable bonds is 7. The van der Waals surface area contributed by atoms with Crippen LogP contribution in [0.15, 0.2) is 58.4 Å². The molecule has 1 unspecified atom stereocenters. The molecule has 27 heavy (non-hydrogen) atoms. The van der Waals surface area contributed by atoms with Crippen LogP contribution in [0.5, 0.6) is 0 Å². The summed E-state index contributed by atoms with van der Waals surface area (Å²) in [7, 11) is -3.70. The van der Waals surface area contributed by atoms with E-state index in [0.29, 0.717) is 5.02 Å². The van der Waals surface area contributed by atoms with Gasteiger partial charge in [-0.05, 0) is 42.6 Å². The number of carbonyl (C=O) groups is 1. The zero-order valence-corrected chi connectivity index (χ0v) is 16.7. The van der Waals surface area contributed by atoms with E-state index in [9.17, 15) is 13.2 Å². The summed E-state index contributed by atoms with van der Waals surface area (Å²) in [6.07, 6.45) is 3.42. The number of carbonyl (C=O) groups excluding carboxylic acids is 1. The molecule has 3 rings (SSSR count). The standard InChI is InChI=1S/C17H17ClN4O3S2/c1-12(21-27(24,25)16-3-2-8-26-16)17(23)19-9-13-10-20-22(11-13)15-6-4-14(18)5-7-15/h2-8,10-12,21H,9H2,1H3,(H,19,23). The number of nitrogens with one attached hydrogen (secondary N) is 2. The molecular formula is C17H17ClN4O3S2. The van der Waals surface area contributed by atoms with E-state index in [-0.39, 0.29) is 10.8 Å². The van der Waals surface area contributed by atoms with Gasteiger partial charge < -0.3 is 5.32 Å². The molecule has 0 bridgehead atoms. The Kier molecular flexibility index (Phi) is 5.95. The number of amides is 1. The first-order valence-electron chi connectivity index (χ1n) is 7.98. The van der Waals surface area contributed by atoms with Gasteiger partial charge in [-0.3, -0.25) is 4.79 Å². The number of aromatic nitrogens is 2. The van der Waals surface area contributed by atoms with Crippen molar-refractivity contribution >= 4 is 38.9 Å². The third-order valence-electron chi connectivity index (χ3n) is 3.68. The van der Waals surface area contributed by atoms with Crippen molar-refractivity contribution in [1.82, 2.24) is 19.8 Å². The van der Waals surface area contributed by atoms with Crippen molar-refractivity contribution in [2.24, 2.45) is 0 Å². The maximum atomic E-state index is 12.2. The van der Waals surface area contributed by atoms with Crippen LogP contribution in [-0.2, 0) is 21.4 Å². The maximum absolute atomic E-state index is 12.2. The van der Waals surface area contributed by atoms with Gasteiger partial charge in [-0.1, -0.05) is 17.7 Å². The Hall–Kier alpha value is -2.20. The Bertz CT molecular complexity index is 1010. The summed E-state index contributed by atoms with van der Waals surface area (Å²) in [4.78, 5) is 12.2. The molecule has 0 saturated carbocycles. The summed E-state index contributed by atoms with van der Waals surface area (Å²) in [5.74, 6) is -0.422. The molecule has 0 saturated heterocycles. The minimum absolute atomic E-state index is 0.173. The van der Waals surface area contributed by atoms with Crippen molar-refractivity contribution in [3.05, 3.63) is 64.8 Å². The lowest BCUT2D eigenvalue weighted by Crippen LogP contribution is -2.44. The summed E-state index contributed by atoms with van der Waals surface area (Å²) < 4.78 is 28.5. The van der Waals surface area contributed by atoms with Crippen LogP contribution in [0.1, 0.15) is 12.5 Å². The number of nitrogens with zero attached hydrogens (tertiary/aromatic N) is 2. The topological polar surface area (TPSA) is 93.1 Å². The monoisotopic (exact) mass is 424 g/mol. The van der Waals surface area contributed by atoms with Gasteiger partial charge in [0.1, 0.15) is 4.21 Å². The number of hydrogen-bond donors (Lipinski definition) is 2. The van der Waals surface area contributed by atoms with Crippen LogP contribution < -0.4 is 10.0 Å². The molecule has 0 radical (unpaired) electrons. The highest BCUT2D eigenvalue weighted by Crippen LogP contribution is 2.16. The highest BCUT2D eigenvalue weighted by Gasteiger charge is 2.22. The molecule has 2 aromatic heterocycles. The number of halogens is 1. The fraction of sp³-hybridized carbons (Fsp3) is 0.176. The van der Waals surface area contributed by atoms with E-state index < -0.39 is 22.0 Å². The molecule has 7 nitrogen and oxygen atoms in total. The summed E-state index contributed by atoms with van der Waals surface area (Å²) in [6, 6.07) is 9.43. The van der Waals surface area contributed by atoms with Crippen LogP contribution in [-0.4, -0.2) is 30.1 Å².